The maximum absolute atomic E-state index is 10.4. The van der Waals surface area contributed by atoms with Crippen molar-refractivity contribution < 1.29 is 9.84 Å². The normalized spacial score (nSPS) is 12.2. The second-order valence-corrected chi connectivity index (χ2v) is 4.28. The third-order valence-corrected chi connectivity index (χ3v) is 2.97. The van der Waals surface area contributed by atoms with Gasteiger partial charge in [0.2, 0.25) is 0 Å². The van der Waals surface area contributed by atoms with E-state index in [-0.39, 0.29) is 0 Å². The van der Waals surface area contributed by atoms with Gasteiger partial charge in [0, 0.05) is 16.8 Å². The summed E-state index contributed by atoms with van der Waals surface area (Å²) in [7, 11) is 1.59. The first kappa shape index (κ1) is 12.5. The molecule has 94 valence electrons. The number of hydrogen-bond donors (Lipinski definition) is 2. The first-order valence-electron chi connectivity index (χ1n) is 5.80. The van der Waals surface area contributed by atoms with Crippen molar-refractivity contribution in [2.24, 2.45) is 0 Å². The molecule has 0 spiro atoms. The van der Waals surface area contributed by atoms with Crippen LogP contribution in [0.5, 0.6) is 5.75 Å². The van der Waals surface area contributed by atoms with E-state index in [1.807, 2.05) is 49.4 Å². The smallest absolute Gasteiger partial charge is 0.125 e. The van der Waals surface area contributed by atoms with Gasteiger partial charge in [0.25, 0.3) is 0 Å². The maximum atomic E-state index is 10.4. The molecule has 0 heterocycles. The molecule has 1 unspecified atom stereocenters. The maximum Gasteiger partial charge on any atom is 0.125 e. The Kier molecular flexibility index (Phi) is 3.53. The molecule has 0 fully saturated rings. The molecule has 2 aromatic carbocycles. The van der Waals surface area contributed by atoms with E-state index in [4.69, 9.17) is 10.5 Å². The standard InChI is InChI=1S/C15H17NO2/c1-10-7-8-13(16)12(9-10)15(17)11-5-3-4-6-14(11)18-2/h3-9,15,17H,16H2,1-2H3. The first-order chi connectivity index (χ1) is 8.63. The van der Waals surface area contributed by atoms with E-state index in [1.54, 1.807) is 7.11 Å². The number of rotatable bonds is 3. The van der Waals surface area contributed by atoms with Crippen molar-refractivity contribution in [2.45, 2.75) is 13.0 Å². The van der Waals surface area contributed by atoms with Crippen molar-refractivity contribution in [1.82, 2.24) is 0 Å². The zero-order valence-electron chi connectivity index (χ0n) is 10.6. The molecule has 0 bridgehead atoms. The van der Waals surface area contributed by atoms with E-state index in [0.717, 1.165) is 11.1 Å². The van der Waals surface area contributed by atoms with Crippen LogP contribution in [-0.4, -0.2) is 12.2 Å². The summed E-state index contributed by atoms with van der Waals surface area (Å²) >= 11 is 0. The topological polar surface area (TPSA) is 55.5 Å². The van der Waals surface area contributed by atoms with Crippen LogP contribution in [0.15, 0.2) is 42.5 Å². The summed E-state index contributed by atoms with van der Waals surface area (Å²) in [6.07, 6.45) is -0.777. The molecular formula is C15H17NO2. The van der Waals surface area contributed by atoms with E-state index in [9.17, 15) is 5.11 Å². The van der Waals surface area contributed by atoms with Crippen LogP contribution in [0, 0.1) is 6.92 Å². The average Bonchev–Trinajstić information content (AvgIpc) is 2.40. The van der Waals surface area contributed by atoms with Crippen molar-refractivity contribution in [3.63, 3.8) is 0 Å². The Morgan fingerprint density at radius 2 is 1.83 bits per heavy atom. The Balaban J connectivity index is 2.47. The number of nitrogens with two attached hydrogens (primary N) is 1. The summed E-state index contributed by atoms with van der Waals surface area (Å²) in [5, 5.41) is 10.4. The van der Waals surface area contributed by atoms with Crippen LogP contribution < -0.4 is 10.5 Å². The van der Waals surface area contributed by atoms with Crippen LogP contribution in [0.3, 0.4) is 0 Å². The highest BCUT2D eigenvalue weighted by molar-refractivity contribution is 5.53. The Bertz CT molecular complexity index is 552. The summed E-state index contributed by atoms with van der Waals surface area (Å²) < 4.78 is 5.26. The lowest BCUT2D eigenvalue weighted by atomic mass is 9.97. The molecule has 0 saturated heterocycles. The second kappa shape index (κ2) is 5.10. The average molecular weight is 243 g/mol. The Morgan fingerprint density at radius 3 is 2.56 bits per heavy atom. The molecule has 18 heavy (non-hydrogen) atoms. The molecule has 1 atom stereocenters. The SMILES string of the molecule is COc1ccccc1C(O)c1cc(C)ccc1N. The molecule has 0 aromatic heterocycles. The van der Waals surface area contributed by atoms with Gasteiger partial charge in [0.15, 0.2) is 0 Å². The van der Waals surface area contributed by atoms with E-state index in [0.29, 0.717) is 17.0 Å². The van der Waals surface area contributed by atoms with Gasteiger partial charge in [-0.15, -0.1) is 0 Å². The predicted molar refractivity (Wildman–Crippen MR) is 72.6 cm³/mol. The van der Waals surface area contributed by atoms with Gasteiger partial charge >= 0.3 is 0 Å². The van der Waals surface area contributed by atoms with Gasteiger partial charge in [-0.3, -0.25) is 0 Å². The van der Waals surface area contributed by atoms with Crippen LogP contribution in [0.1, 0.15) is 22.8 Å². The molecule has 3 heteroatoms. The predicted octanol–water partition coefficient (Wildman–Crippen LogP) is 2.67. The highest BCUT2D eigenvalue weighted by atomic mass is 16.5. The number of aryl methyl sites for hydroxylation is 1. The minimum absolute atomic E-state index is 0.582. The third kappa shape index (κ3) is 2.31. The lowest BCUT2D eigenvalue weighted by Gasteiger charge is -2.17. The fourth-order valence-electron chi connectivity index (χ4n) is 1.99. The zero-order chi connectivity index (χ0) is 13.1. The summed E-state index contributed by atoms with van der Waals surface area (Å²) in [5.74, 6) is 0.658. The van der Waals surface area contributed by atoms with E-state index in [1.165, 1.54) is 0 Å². The minimum atomic E-state index is -0.777. The zero-order valence-corrected chi connectivity index (χ0v) is 10.6. The van der Waals surface area contributed by atoms with Crippen LogP contribution in [0.25, 0.3) is 0 Å². The van der Waals surface area contributed by atoms with Crippen LogP contribution in [0.2, 0.25) is 0 Å². The van der Waals surface area contributed by atoms with Gasteiger partial charge in [0.1, 0.15) is 11.9 Å². The number of ether oxygens (including phenoxy) is 1. The molecule has 0 aliphatic heterocycles. The molecule has 3 N–H and O–H groups in total. The third-order valence-electron chi connectivity index (χ3n) is 2.97. The van der Waals surface area contributed by atoms with Crippen molar-refractivity contribution in [3.8, 4) is 5.75 Å². The Hall–Kier alpha value is -2.00. The highest BCUT2D eigenvalue weighted by Crippen LogP contribution is 2.32. The van der Waals surface area contributed by atoms with E-state index >= 15 is 0 Å². The molecule has 0 aliphatic rings. The Morgan fingerprint density at radius 1 is 1.11 bits per heavy atom. The molecule has 2 rings (SSSR count). The van der Waals surface area contributed by atoms with Crippen molar-refractivity contribution in [3.05, 3.63) is 59.2 Å². The fourth-order valence-corrected chi connectivity index (χ4v) is 1.99. The van der Waals surface area contributed by atoms with Crippen LogP contribution in [0.4, 0.5) is 5.69 Å². The molecule has 0 radical (unpaired) electrons. The first-order valence-corrected chi connectivity index (χ1v) is 5.80. The lowest BCUT2D eigenvalue weighted by molar-refractivity contribution is 0.215. The quantitative estimate of drug-likeness (QED) is 0.815. The number of anilines is 1. The number of para-hydroxylation sites is 1. The van der Waals surface area contributed by atoms with Crippen molar-refractivity contribution in [1.29, 1.82) is 0 Å². The van der Waals surface area contributed by atoms with Gasteiger partial charge in [-0.1, -0.05) is 35.9 Å². The molecular weight excluding hydrogens is 226 g/mol. The highest BCUT2D eigenvalue weighted by Gasteiger charge is 2.17. The van der Waals surface area contributed by atoms with Gasteiger partial charge < -0.3 is 15.6 Å². The largest absolute Gasteiger partial charge is 0.496 e. The monoisotopic (exact) mass is 243 g/mol. The summed E-state index contributed by atoms with van der Waals surface area (Å²) in [6.45, 7) is 1.97. The molecule has 3 nitrogen and oxygen atoms in total. The number of aliphatic hydroxyl groups excluding tert-OH is 1. The summed E-state index contributed by atoms with van der Waals surface area (Å²) in [4.78, 5) is 0. The lowest BCUT2D eigenvalue weighted by Crippen LogP contribution is -2.05. The molecule has 2 aromatic rings. The molecule has 0 aliphatic carbocycles. The van der Waals surface area contributed by atoms with Gasteiger partial charge in [-0.25, -0.2) is 0 Å². The van der Waals surface area contributed by atoms with Gasteiger partial charge in [0.05, 0.1) is 7.11 Å². The number of methoxy groups -OCH3 is 1. The van der Waals surface area contributed by atoms with E-state index in [2.05, 4.69) is 0 Å². The number of benzene rings is 2. The second-order valence-electron chi connectivity index (χ2n) is 4.28. The Labute approximate surface area is 107 Å². The number of aliphatic hydroxyl groups is 1. The van der Waals surface area contributed by atoms with E-state index < -0.39 is 6.10 Å². The van der Waals surface area contributed by atoms with Gasteiger partial charge in [-0.05, 0) is 19.1 Å². The van der Waals surface area contributed by atoms with Crippen molar-refractivity contribution in [2.75, 3.05) is 12.8 Å². The van der Waals surface area contributed by atoms with Crippen molar-refractivity contribution >= 4 is 5.69 Å². The van der Waals surface area contributed by atoms with Gasteiger partial charge in [-0.2, -0.15) is 0 Å². The fraction of sp³-hybridized carbons (Fsp3) is 0.200. The molecule has 0 amide bonds. The van der Waals surface area contributed by atoms with Crippen LogP contribution in [-0.2, 0) is 0 Å². The summed E-state index contributed by atoms with van der Waals surface area (Å²) in [5.41, 5.74) is 8.99. The summed E-state index contributed by atoms with van der Waals surface area (Å²) in [6, 6.07) is 13.0. The minimum Gasteiger partial charge on any atom is -0.496 e. The number of nitrogen functional groups attached to an aromatic ring is 1. The number of hydrogen-bond acceptors (Lipinski definition) is 3. The molecule has 0 saturated carbocycles. The van der Waals surface area contributed by atoms with Crippen LogP contribution >= 0.6 is 0 Å².